The average Bonchev–Trinajstić information content (AvgIpc) is 2.31. The highest BCUT2D eigenvalue weighted by Crippen LogP contribution is 2.18. The van der Waals surface area contributed by atoms with Crippen molar-refractivity contribution in [1.82, 2.24) is 4.90 Å². The summed E-state index contributed by atoms with van der Waals surface area (Å²) in [6.45, 7) is 3.67. The predicted octanol–water partition coefficient (Wildman–Crippen LogP) is 1.55. The number of rotatable bonds is 2. The molecule has 0 radical (unpaired) electrons. The predicted molar refractivity (Wildman–Crippen MR) is 45.8 cm³/mol. The highest BCUT2D eigenvalue weighted by Gasteiger charge is 2.35. The topological polar surface area (TPSA) is 20.3 Å². The minimum absolute atomic E-state index is 0.0767. The number of halogens is 2. The van der Waals surface area contributed by atoms with E-state index in [0.29, 0.717) is 6.42 Å². The van der Waals surface area contributed by atoms with Gasteiger partial charge in [-0.25, -0.2) is 8.78 Å². The largest absolute Gasteiger partial charge is 0.337 e. The van der Waals surface area contributed by atoms with Crippen molar-refractivity contribution in [2.75, 3.05) is 13.1 Å². The number of likely N-dealkylation sites (tertiary alicyclic amines) is 1. The van der Waals surface area contributed by atoms with Gasteiger partial charge in [-0.1, -0.05) is 13.8 Å². The Morgan fingerprint density at radius 3 is 2.23 bits per heavy atom. The first kappa shape index (κ1) is 10.4. The summed E-state index contributed by atoms with van der Waals surface area (Å²) in [6, 6.07) is 0. The van der Waals surface area contributed by atoms with Crippen molar-refractivity contribution in [3.05, 3.63) is 0 Å². The summed E-state index contributed by atoms with van der Waals surface area (Å²) >= 11 is 0. The van der Waals surface area contributed by atoms with Crippen molar-refractivity contribution >= 4 is 5.91 Å². The van der Waals surface area contributed by atoms with Crippen LogP contribution in [0.25, 0.3) is 0 Å². The highest BCUT2D eigenvalue weighted by atomic mass is 19.2. The molecule has 0 bridgehead atoms. The molecule has 76 valence electrons. The van der Waals surface area contributed by atoms with Gasteiger partial charge >= 0.3 is 0 Å². The summed E-state index contributed by atoms with van der Waals surface area (Å²) in [5.41, 5.74) is 0. The zero-order valence-electron chi connectivity index (χ0n) is 7.96. The molecule has 1 fully saturated rings. The van der Waals surface area contributed by atoms with Crippen LogP contribution >= 0.6 is 0 Å². The fourth-order valence-electron chi connectivity index (χ4n) is 1.41. The molecule has 0 spiro atoms. The van der Waals surface area contributed by atoms with Crippen molar-refractivity contribution in [3.8, 4) is 0 Å². The summed E-state index contributed by atoms with van der Waals surface area (Å²) in [7, 11) is 0. The summed E-state index contributed by atoms with van der Waals surface area (Å²) in [4.78, 5) is 12.6. The molecule has 13 heavy (non-hydrogen) atoms. The van der Waals surface area contributed by atoms with E-state index in [1.165, 1.54) is 4.90 Å². The Morgan fingerprint density at radius 2 is 1.85 bits per heavy atom. The second kappa shape index (κ2) is 4.03. The second-order valence-corrected chi connectivity index (χ2v) is 3.93. The lowest BCUT2D eigenvalue weighted by molar-refractivity contribution is -0.131. The number of hydrogen-bond acceptors (Lipinski definition) is 1. The van der Waals surface area contributed by atoms with E-state index in [2.05, 4.69) is 0 Å². The van der Waals surface area contributed by atoms with Crippen LogP contribution in [0.1, 0.15) is 20.3 Å². The van der Waals surface area contributed by atoms with Crippen molar-refractivity contribution in [1.29, 1.82) is 0 Å². The normalized spacial score (nSPS) is 28.5. The SMILES string of the molecule is CC(C)CC(=O)N1C[C@@H](F)[C@H](F)C1. The Kier molecular flexibility index (Phi) is 3.22. The lowest BCUT2D eigenvalue weighted by atomic mass is 10.1. The van der Waals surface area contributed by atoms with Gasteiger partial charge in [0.05, 0.1) is 13.1 Å². The van der Waals surface area contributed by atoms with E-state index in [4.69, 9.17) is 0 Å². The molecule has 0 aromatic rings. The van der Waals surface area contributed by atoms with Gasteiger partial charge in [0.15, 0.2) is 12.3 Å². The third kappa shape index (κ3) is 2.64. The monoisotopic (exact) mass is 191 g/mol. The molecule has 1 aliphatic rings. The summed E-state index contributed by atoms with van der Waals surface area (Å²) in [5, 5.41) is 0. The van der Waals surface area contributed by atoms with Gasteiger partial charge in [0.2, 0.25) is 5.91 Å². The Labute approximate surface area is 76.9 Å². The number of amides is 1. The van der Waals surface area contributed by atoms with Crippen molar-refractivity contribution in [2.45, 2.75) is 32.6 Å². The van der Waals surface area contributed by atoms with Crippen molar-refractivity contribution < 1.29 is 13.6 Å². The van der Waals surface area contributed by atoms with E-state index in [1.807, 2.05) is 13.8 Å². The molecule has 1 aliphatic heterocycles. The van der Waals surface area contributed by atoms with Crippen molar-refractivity contribution in [3.63, 3.8) is 0 Å². The molecule has 1 heterocycles. The molecule has 0 saturated carbocycles. The van der Waals surface area contributed by atoms with Crippen LogP contribution in [0.3, 0.4) is 0 Å². The Morgan fingerprint density at radius 1 is 1.38 bits per heavy atom. The first-order valence-electron chi connectivity index (χ1n) is 4.56. The van der Waals surface area contributed by atoms with Crippen LogP contribution in [0.5, 0.6) is 0 Å². The molecule has 1 saturated heterocycles. The maximum atomic E-state index is 12.7. The van der Waals surface area contributed by atoms with E-state index in [1.54, 1.807) is 0 Å². The molecule has 2 atom stereocenters. The number of hydrogen-bond donors (Lipinski definition) is 0. The third-order valence-corrected chi connectivity index (χ3v) is 2.12. The lowest BCUT2D eigenvalue weighted by Crippen LogP contribution is -2.30. The van der Waals surface area contributed by atoms with Gasteiger partial charge in [0.25, 0.3) is 0 Å². The summed E-state index contributed by atoms with van der Waals surface area (Å²) < 4.78 is 25.4. The quantitative estimate of drug-likeness (QED) is 0.648. The zero-order valence-corrected chi connectivity index (χ0v) is 7.96. The van der Waals surface area contributed by atoms with Gasteiger partial charge in [0.1, 0.15) is 0 Å². The number of carbonyl (C=O) groups excluding carboxylic acids is 1. The maximum absolute atomic E-state index is 12.7. The van der Waals surface area contributed by atoms with Gasteiger partial charge < -0.3 is 4.90 Å². The van der Waals surface area contributed by atoms with Gasteiger partial charge in [-0.3, -0.25) is 4.79 Å². The van der Waals surface area contributed by atoms with Crippen LogP contribution in [0.4, 0.5) is 8.78 Å². The fraction of sp³-hybridized carbons (Fsp3) is 0.889. The molecular formula is C9H15F2NO. The van der Waals surface area contributed by atoms with E-state index < -0.39 is 12.3 Å². The zero-order chi connectivity index (χ0) is 10.0. The standard InChI is InChI=1S/C9H15F2NO/c1-6(2)3-9(13)12-4-7(10)8(11)5-12/h6-8H,3-5H2,1-2H3/t7-,8-/m1/s1. The van der Waals surface area contributed by atoms with E-state index in [-0.39, 0.29) is 24.9 Å². The van der Waals surface area contributed by atoms with Crippen LogP contribution < -0.4 is 0 Å². The Balaban J connectivity index is 2.42. The van der Waals surface area contributed by atoms with E-state index in [9.17, 15) is 13.6 Å². The van der Waals surface area contributed by atoms with Gasteiger partial charge in [-0.2, -0.15) is 0 Å². The molecule has 0 aliphatic carbocycles. The van der Waals surface area contributed by atoms with Crippen LogP contribution in [-0.4, -0.2) is 36.2 Å². The molecular weight excluding hydrogens is 176 g/mol. The third-order valence-electron chi connectivity index (χ3n) is 2.12. The smallest absolute Gasteiger partial charge is 0.223 e. The van der Waals surface area contributed by atoms with Gasteiger partial charge in [-0.15, -0.1) is 0 Å². The molecule has 1 rings (SSSR count). The second-order valence-electron chi connectivity index (χ2n) is 3.93. The van der Waals surface area contributed by atoms with Crippen LogP contribution in [-0.2, 0) is 4.79 Å². The highest BCUT2D eigenvalue weighted by molar-refractivity contribution is 5.76. The first-order chi connectivity index (χ1) is 6.00. The molecule has 0 unspecified atom stereocenters. The van der Waals surface area contributed by atoms with Crippen LogP contribution in [0.15, 0.2) is 0 Å². The van der Waals surface area contributed by atoms with E-state index >= 15 is 0 Å². The lowest BCUT2D eigenvalue weighted by Gasteiger charge is -2.15. The molecule has 0 aromatic carbocycles. The maximum Gasteiger partial charge on any atom is 0.223 e. The minimum atomic E-state index is -1.49. The number of nitrogens with zero attached hydrogens (tertiary/aromatic N) is 1. The van der Waals surface area contributed by atoms with Crippen LogP contribution in [0, 0.1) is 5.92 Å². The number of carbonyl (C=O) groups is 1. The summed E-state index contributed by atoms with van der Waals surface area (Å²) in [6.07, 6.45) is -2.60. The molecule has 0 N–H and O–H groups in total. The van der Waals surface area contributed by atoms with Crippen molar-refractivity contribution in [2.24, 2.45) is 5.92 Å². The fourth-order valence-corrected chi connectivity index (χ4v) is 1.41. The number of alkyl halides is 2. The van der Waals surface area contributed by atoms with Gasteiger partial charge in [0, 0.05) is 6.42 Å². The Hall–Kier alpha value is -0.670. The molecule has 2 nitrogen and oxygen atoms in total. The molecule has 0 aromatic heterocycles. The van der Waals surface area contributed by atoms with E-state index in [0.717, 1.165) is 0 Å². The molecule has 1 amide bonds. The summed E-state index contributed by atoms with van der Waals surface area (Å²) in [5.74, 6) is 0.0991. The van der Waals surface area contributed by atoms with Crippen LogP contribution in [0.2, 0.25) is 0 Å². The minimum Gasteiger partial charge on any atom is -0.337 e. The first-order valence-corrected chi connectivity index (χ1v) is 4.56. The Bertz CT molecular complexity index is 186. The molecule has 4 heteroatoms. The average molecular weight is 191 g/mol. The van der Waals surface area contributed by atoms with Gasteiger partial charge in [-0.05, 0) is 5.92 Å².